The molecule has 0 fully saturated rings. The summed E-state index contributed by atoms with van der Waals surface area (Å²) in [4.78, 5) is 4.27. The van der Waals surface area contributed by atoms with Crippen molar-refractivity contribution >= 4 is 6.21 Å². The fourth-order valence-electron chi connectivity index (χ4n) is 1.53. The third-order valence-corrected chi connectivity index (χ3v) is 2.37. The van der Waals surface area contributed by atoms with Crippen molar-refractivity contribution in [2.75, 3.05) is 6.54 Å². The molecular formula is C9H11N. The van der Waals surface area contributed by atoms with Crippen molar-refractivity contribution in [1.29, 1.82) is 0 Å². The summed E-state index contributed by atoms with van der Waals surface area (Å²) in [5, 5.41) is 0. The summed E-state index contributed by atoms with van der Waals surface area (Å²) in [6.45, 7) is 3.21. The average molecular weight is 133 g/mol. The number of hydrogen-bond acceptors (Lipinski definition) is 1. The van der Waals surface area contributed by atoms with Crippen LogP contribution in [-0.2, 0) is 0 Å². The van der Waals surface area contributed by atoms with Crippen LogP contribution in [0, 0.1) is 11.3 Å². The van der Waals surface area contributed by atoms with Crippen molar-refractivity contribution in [2.45, 2.75) is 6.92 Å². The molecular weight excluding hydrogens is 122 g/mol. The van der Waals surface area contributed by atoms with E-state index in [0.717, 1.165) is 6.54 Å². The number of aliphatic imine (C=N–C) groups is 1. The van der Waals surface area contributed by atoms with Crippen LogP contribution in [0.1, 0.15) is 6.92 Å². The van der Waals surface area contributed by atoms with Crippen molar-refractivity contribution in [3.8, 4) is 0 Å². The molecule has 0 aromatic rings. The van der Waals surface area contributed by atoms with Gasteiger partial charge in [0.1, 0.15) is 0 Å². The predicted molar refractivity (Wildman–Crippen MR) is 43.2 cm³/mol. The fourth-order valence-corrected chi connectivity index (χ4v) is 1.53. The minimum absolute atomic E-state index is 0.300. The molecule has 0 spiro atoms. The number of hydrogen-bond donors (Lipinski definition) is 0. The molecule has 52 valence electrons. The summed E-state index contributed by atoms with van der Waals surface area (Å²) in [6.07, 6.45) is 10.7. The highest BCUT2D eigenvalue weighted by Gasteiger charge is 2.33. The minimum atomic E-state index is 0.300. The molecule has 1 heterocycles. The molecule has 2 aliphatic rings. The molecule has 1 aliphatic carbocycles. The van der Waals surface area contributed by atoms with E-state index in [1.54, 1.807) is 0 Å². The van der Waals surface area contributed by atoms with E-state index in [-0.39, 0.29) is 0 Å². The molecule has 1 nitrogen and oxygen atoms in total. The first-order valence-corrected chi connectivity index (χ1v) is 3.67. The fraction of sp³-hybridized carbons (Fsp3) is 0.444. The van der Waals surface area contributed by atoms with Gasteiger partial charge in [0.2, 0.25) is 0 Å². The van der Waals surface area contributed by atoms with Gasteiger partial charge < -0.3 is 0 Å². The summed E-state index contributed by atoms with van der Waals surface area (Å²) >= 11 is 0. The van der Waals surface area contributed by atoms with Gasteiger partial charge in [0.25, 0.3) is 0 Å². The smallest absolute Gasteiger partial charge is 0.0483 e. The van der Waals surface area contributed by atoms with E-state index in [1.807, 2.05) is 0 Å². The molecule has 1 aliphatic heterocycles. The number of rotatable bonds is 0. The standard InChI is InChI=1S/C9H11N/c1-9-5-3-2-4-8(9)6-10-7-9/h2-6,8H,7H2,1H3. The highest BCUT2D eigenvalue weighted by atomic mass is 14.8. The first-order chi connectivity index (χ1) is 4.81. The third-order valence-electron chi connectivity index (χ3n) is 2.37. The predicted octanol–water partition coefficient (Wildman–Crippen LogP) is 1.82. The molecule has 0 bridgehead atoms. The van der Waals surface area contributed by atoms with Crippen molar-refractivity contribution in [3.05, 3.63) is 24.3 Å². The lowest BCUT2D eigenvalue weighted by Crippen LogP contribution is -2.24. The first kappa shape index (κ1) is 5.90. The molecule has 2 atom stereocenters. The number of allylic oxidation sites excluding steroid dienone is 3. The van der Waals surface area contributed by atoms with E-state index in [1.165, 1.54) is 0 Å². The van der Waals surface area contributed by atoms with Crippen LogP contribution in [0.4, 0.5) is 0 Å². The van der Waals surface area contributed by atoms with Gasteiger partial charge in [-0.25, -0.2) is 0 Å². The molecule has 0 amide bonds. The lowest BCUT2D eigenvalue weighted by molar-refractivity contribution is 0.417. The van der Waals surface area contributed by atoms with Crippen molar-refractivity contribution in [3.63, 3.8) is 0 Å². The number of fused-ring (bicyclic) bond motifs is 1. The van der Waals surface area contributed by atoms with E-state index in [9.17, 15) is 0 Å². The largest absolute Gasteiger partial charge is 0.296 e. The Balaban J connectivity index is 2.35. The Morgan fingerprint density at radius 3 is 3.20 bits per heavy atom. The van der Waals surface area contributed by atoms with Gasteiger partial charge in [-0.2, -0.15) is 0 Å². The van der Waals surface area contributed by atoms with E-state index in [2.05, 4.69) is 42.4 Å². The zero-order valence-corrected chi connectivity index (χ0v) is 6.12. The van der Waals surface area contributed by atoms with Crippen LogP contribution in [0.25, 0.3) is 0 Å². The average Bonchev–Trinajstić information content (AvgIpc) is 2.29. The zero-order valence-electron chi connectivity index (χ0n) is 6.12. The summed E-state index contributed by atoms with van der Waals surface area (Å²) in [5.41, 5.74) is 0.300. The molecule has 0 radical (unpaired) electrons. The Morgan fingerprint density at radius 2 is 2.40 bits per heavy atom. The van der Waals surface area contributed by atoms with Gasteiger partial charge in [0, 0.05) is 24.1 Å². The Morgan fingerprint density at radius 1 is 1.50 bits per heavy atom. The lowest BCUT2D eigenvalue weighted by atomic mass is 9.77. The van der Waals surface area contributed by atoms with Gasteiger partial charge in [-0.15, -0.1) is 0 Å². The van der Waals surface area contributed by atoms with E-state index >= 15 is 0 Å². The van der Waals surface area contributed by atoms with Gasteiger partial charge in [-0.1, -0.05) is 31.2 Å². The van der Waals surface area contributed by atoms with E-state index in [4.69, 9.17) is 0 Å². The summed E-state index contributed by atoms with van der Waals surface area (Å²) in [5.74, 6) is 0.553. The maximum Gasteiger partial charge on any atom is 0.0483 e. The molecule has 0 aromatic heterocycles. The second-order valence-corrected chi connectivity index (χ2v) is 3.27. The topological polar surface area (TPSA) is 12.4 Å². The van der Waals surface area contributed by atoms with Gasteiger partial charge in [-0.3, -0.25) is 4.99 Å². The minimum Gasteiger partial charge on any atom is -0.296 e. The summed E-state index contributed by atoms with van der Waals surface area (Å²) in [7, 11) is 0. The maximum absolute atomic E-state index is 4.27. The van der Waals surface area contributed by atoms with Crippen molar-refractivity contribution in [1.82, 2.24) is 0 Å². The molecule has 2 rings (SSSR count). The Kier molecular flexibility index (Phi) is 1.07. The van der Waals surface area contributed by atoms with Crippen molar-refractivity contribution in [2.24, 2.45) is 16.3 Å². The highest BCUT2D eigenvalue weighted by Crippen LogP contribution is 2.35. The van der Waals surface area contributed by atoms with Crippen LogP contribution in [0.15, 0.2) is 29.3 Å². The van der Waals surface area contributed by atoms with Crippen LogP contribution >= 0.6 is 0 Å². The van der Waals surface area contributed by atoms with Crippen LogP contribution in [0.2, 0.25) is 0 Å². The molecule has 2 unspecified atom stereocenters. The Bertz CT molecular complexity index is 225. The van der Waals surface area contributed by atoms with Gasteiger partial charge >= 0.3 is 0 Å². The summed E-state index contributed by atoms with van der Waals surface area (Å²) in [6, 6.07) is 0. The first-order valence-electron chi connectivity index (χ1n) is 3.67. The normalized spacial score (nSPS) is 42.3. The molecule has 0 saturated heterocycles. The maximum atomic E-state index is 4.27. The molecule has 0 saturated carbocycles. The third kappa shape index (κ3) is 0.666. The Labute approximate surface area is 61.2 Å². The molecule has 10 heavy (non-hydrogen) atoms. The Hall–Kier alpha value is -0.850. The van der Waals surface area contributed by atoms with Gasteiger partial charge in [-0.05, 0) is 0 Å². The SMILES string of the molecule is CC12C=CC=CC1C=NC2. The second kappa shape index (κ2) is 1.82. The van der Waals surface area contributed by atoms with E-state index in [0.29, 0.717) is 11.3 Å². The number of nitrogens with zero attached hydrogens (tertiary/aromatic N) is 1. The second-order valence-electron chi connectivity index (χ2n) is 3.27. The molecule has 0 N–H and O–H groups in total. The quantitative estimate of drug-likeness (QED) is 0.478. The van der Waals surface area contributed by atoms with Crippen LogP contribution in [0.5, 0.6) is 0 Å². The van der Waals surface area contributed by atoms with Crippen molar-refractivity contribution < 1.29 is 0 Å². The summed E-state index contributed by atoms with van der Waals surface area (Å²) < 4.78 is 0. The van der Waals surface area contributed by atoms with E-state index < -0.39 is 0 Å². The van der Waals surface area contributed by atoms with Gasteiger partial charge in [0.15, 0.2) is 0 Å². The highest BCUT2D eigenvalue weighted by molar-refractivity contribution is 5.68. The monoisotopic (exact) mass is 133 g/mol. The lowest BCUT2D eigenvalue weighted by Gasteiger charge is -2.25. The molecule has 0 aromatic carbocycles. The van der Waals surface area contributed by atoms with Crippen LogP contribution < -0.4 is 0 Å². The van der Waals surface area contributed by atoms with Crippen LogP contribution in [0.3, 0.4) is 0 Å². The molecule has 1 heteroatoms. The van der Waals surface area contributed by atoms with Gasteiger partial charge in [0.05, 0.1) is 0 Å². The zero-order chi connectivity index (χ0) is 7.03. The van der Waals surface area contributed by atoms with Crippen LogP contribution in [-0.4, -0.2) is 12.8 Å².